The first-order valence-electron chi connectivity index (χ1n) is 7.87. The van der Waals surface area contributed by atoms with Gasteiger partial charge in [-0.25, -0.2) is 0 Å². The van der Waals surface area contributed by atoms with Gasteiger partial charge in [-0.2, -0.15) is 0 Å². The van der Waals surface area contributed by atoms with E-state index in [9.17, 15) is 0 Å². The van der Waals surface area contributed by atoms with Crippen molar-refractivity contribution in [2.75, 3.05) is 26.2 Å². The highest BCUT2D eigenvalue weighted by Crippen LogP contribution is 2.25. The Hall–Kier alpha value is -0.730. The Bertz CT molecular complexity index is 402. The molecule has 3 heteroatoms. The fourth-order valence-corrected chi connectivity index (χ4v) is 2.99. The molecular weight excluding hydrogens is 270 g/mol. The van der Waals surface area contributed by atoms with Crippen LogP contribution in [0.4, 0.5) is 0 Å². The fourth-order valence-electron chi connectivity index (χ4n) is 2.70. The maximum absolute atomic E-state index is 6.13. The smallest absolute Gasteiger partial charge is 0.137 e. The quantitative estimate of drug-likeness (QED) is 0.646. The first kappa shape index (κ1) is 15.7. The van der Waals surface area contributed by atoms with Gasteiger partial charge in [0.1, 0.15) is 5.75 Å². The predicted molar refractivity (Wildman–Crippen MR) is 85.8 cm³/mol. The van der Waals surface area contributed by atoms with Crippen LogP contribution in [0.1, 0.15) is 44.1 Å². The van der Waals surface area contributed by atoms with Crippen molar-refractivity contribution in [3.8, 4) is 5.75 Å². The van der Waals surface area contributed by atoms with E-state index in [1.807, 2.05) is 25.1 Å². The Balaban J connectivity index is 1.50. The Morgan fingerprint density at radius 1 is 1.10 bits per heavy atom. The number of ether oxygens (including phenoxy) is 1. The van der Waals surface area contributed by atoms with Crippen molar-refractivity contribution in [1.29, 1.82) is 0 Å². The van der Waals surface area contributed by atoms with E-state index in [1.54, 1.807) is 0 Å². The minimum atomic E-state index is 0.721. The van der Waals surface area contributed by atoms with Gasteiger partial charge in [0.15, 0.2) is 0 Å². The van der Waals surface area contributed by atoms with Gasteiger partial charge in [-0.1, -0.05) is 30.5 Å². The van der Waals surface area contributed by atoms with Gasteiger partial charge in [0.25, 0.3) is 0 Å². The molecule has 1 aliphatic heterocycles. The minimum Gasteiger partial charge on any atom is -0.492 e. The molecule has 0 spiro atoms. The Labute approximate surface area is 128 Å². The molecule has 0 unspecified atom stereocenters. The number of hydrogen-bond donors (Lipinski definition) is 0. The van der Waals surface area contributed by atoms with Crippen LogP contribution in [0, 0.1) is 6.92 Å². The molecule has 0 saturated carbocycles. The molecule has 1 saturated heterocycles. The van der Waals surface area contributed by atoms with Crippen molar-refractivity contribution in [2.24, 2.45) is 0 Å². The summed E-state index contributed by atoms with van der Waals surface area (Å²) in [5.74, 6) is 0.814. The van der Waals surface area contributed by atoms with E-state index in [0.717, 1.165) is 23.8 Å². The van der Waals surface area contributed by atoms with Crippen LogP contribution in [0.5, 0.6) is 5.75 Å². The summed E-state index contributed by atoms with van der Waals surface area (Å²) in [6.45, 7) is 6.72. The number of nitrogens with zero attached hydrogens (tertiary/aromatic N) is 1. The van der Waals surface area contributed by atoms with Gasteiger partial charge in [-0.3, -0.25) is 0 Å². The van der Waals surface area contributed by atoms with Gasteiger partial charge >= 0.3 is 0 Å². The van der Waals surface area contributed by atoms with Crippen molar-refractivity contribution in [2.45, 2.75) is 45.4 Å². The summed E-state index contributed by atoms with van der Waals surface area (Å²) in [6, 6.07) is 5.95. The average Bonchev–Trinajstić information content (AvgIpc) is 2.93. The molecular formula is C17H26ClNO. The first-order chi connectivity index (χ1) is 9.75. The summed E-state index contributed by atoms with van der Waals surface area (Å²) < 4.78 is 5.73. The summed E-state index contributed by atoms with van der Waals surface area (Å²) in [5.41, 5.74) is 1.17. The van der Waals surface area contributed by atoms with E-state index < -0.39 is 0 Å². The molecule has 1 aliphatic rings. The Kier molecular flexibility index (Phi) is 6.68. The molecule has 2 rings (SSSR count). The average molecular weight is 296 g/mol. The maximum atomic E-state index is 6.13. The summed E-state index contributed by atoms with van der Waals surface area (Å²) in [4.78, 5) is 2.59. The molecule has 0 atom stereocenters. The van der Waals surface area contributed by atoms with Gasteiger partial charge < -0.3 is 9.64 Å². The number of halogens is 1. The molecule has 1 aromatic rings. The van der Waals surface area contributed by atoms with Crippen LogP contribution in [0.15, 0.2) is 18.2 Å². The van der Waals surface area contributed by atoms with Crippen molar-refractivity contribution >= 4 is 11.6 Å². The van der Waals surface area contributed by atoms with Crippen LogP contribution in [0.2, 0.25) is 5.02 Å². The number of rotatable bonds is 8. The number of unbranched alkanes of at least 4 members (excludes halogenated alkanes) is 3. The van der Waals surface area contributed by atoms with Gasteiger partial charge in [0.2, 0.25) is 0 Å². The van der Waals surface area contributed by atoms with Crippen LogP contribution in [-0.4, -0.2) is 31.1 Å². The van der Waals surface area contributed by atoms with E-state index >= 15 is 0 Å². The van der Waals surface area contributed by atoms with E-state index in [0.29, 0.717) is 0 Å². The van der Waals surface area contributed by atoms with Crippen LogP contribution in [0.25, 0.3) is 0 Å². The molecule has 1 fully saturated rings. The molecule has 2 nitrogen and oxygen atoms in total. The minimum absolute atomic E-state index is 0.721. The number of hydrogen-bond acceptors (Lipinski definition) is 2. The third kappa shape index (κ3) is 5.34. The Morgan fingerprint density at radius 2 is 1.85 bits per heavy atom. The molecule has 20 heavy (non-hydrogen) atoms. The molecule has 112 valence electrons. The number of likely N-dealkylation sites (tertiary alicyclic amines) is 1. The van der Waals surface area contributed by atoms with Crippen LogP contribution in [-0.2, 0) is 0 Å². The molecule has 0 amide bonds. The molecule has 0 N–H and O–H groups in total. The lowest BCUT2D eigenvalue weighted by Gasteiger charge is -2.13. The highest BCUT2D eigenvalue weighted by Gasteiger charge is 2.09. The number of aryl methyl sites for hydroxylation is 1. The fraction of sp³-hybridized carbons (Fsp3) is 0.647. The number of benzene rings is 1. The van der Waals surface area contributed by atoms with Gasteiger partial charge in [-0.05, 0) is 69.9 Å². The zero-order valence-corrected chi connectivity index (χ0v) is 13.3. The zero-order valence-electron chi connectivity index (χ0n) is 12.5. The molecule has 1 aromatic carbocycles. The van der Waals surface area contributed by atoms with Crippen molar-refractivity contribution < 1.29 is 4.74 Å². The second-order valence-electron chi connectivity index (χ2n) is 5.75. The lowest BCUT2D eigenvalue weighted by atomic mass is 10.2. The molecule has 1 heterocycles. The van der Waals surface area contributed by atoms with E-state index in [4.69, 9.17) is 16.3 Å². The molecule has 0 radical (unpaired) electrons. The van der Waals surface area contributed by atoms with Crippen molar-refractivity contribution in [3.05, 3.63) is 28.8 Å². The second-order valence-corrected chi connectivity index (χ2v) is 6.15. The summed E-state index contributed by atoms with van der Waals surface area (Å²) in [5, 5.41) is 0.721. The first-order valence-corrected chi connectivity index (χ1v) is 8.25. The van der Waals surface area contributed by atoms with Gasteiger partial charge in [0, 0.05) is 0 Å². The highest BCUT2D eigenvalue weighted by molar-refractivity contribution is 6.32. The Morgan fingerprint density at radius 3 is 2.60 bits per heavy atom. The summed E-state index contributed by atoms with van der Waals surface area (Å²) in [6.07, 6.45) is 7.78. The van der Waals surface area contributed by atoms with Crippen molar-refractivity contribution in [3.63, 3.8) is 0 Å². The normalized spacial score (nSPS) is 15.7. The van der Waals surface area contributed by atoms with Crippen molar-refractivity contribution in [1.82, 2.24) is 4.90 Å². The van der Waals surface area contributed by atoms with Gasteiger partial charge in [0.05, 0.1) is 11.6 Å². The predicted octanol–water partition coefficient (Wildman–Crippen LogP) is 4.68. The van der Waals surface area contributed by atoms with Crippen LogP contribution in [0.3, 0.4) is 0 Å². The van der Waals surface area contributed by atoms with Crippen LogP contribution < -0.4 is 4.74 Å². The topological polar surface area (TPSA) is 12.5 Å². The lowest BCUT2D eigenvalue weighted by molar-refractivity contribution is 0.297. The lowest BCUT2D eigenvalue weighted by Crippen LogP contribution is -2.20. The van der Waals surface area contributed by atoms with E-state index in [2.05, 4.69) is 4.90 Å². The monoisotopic (exact) mass is 295 g/mol. The highest BCUT2D eigenvalue weighted by atomic mass is 35.5. The molecule has 0 bridgehead atoms. The largest absolute Gasteiger partial charge is 0.492 e. The van der Waals surface area contributed by atoms with Crippen LogP contribution >= 0.6 is 11.6 Å². The second kappa shape index (κ2) is 8.53. The third-order valence-electron chi connectivity index (χ3n) is 3.91. The molecule has 0 aliphatic carbocycles. The standard InChI is InChI=1S/C17H26ClNO/c1-15-8-9-17(16(18)14-15)20-13-7-3-2-4-10-19-11-5-6-12-19/h8-9,14H,2-7,10-13H2,1H3. The third-order valence-corrected chi connectivity index (χ3v) is 4.21. The van der Waals surface area contributed by atoms with Gasteiger partial charge in [-0.15, -0.1) is 0 Å². The maximum Gasteiger partial charge on any atom is 0.137 e. The van der Waals surface area contributed by atoms with E-state index in [1.165, 1.54) is 57.3 Å². The van der Waals surface area contributed by atoms with E-state index in [-0.39, 0.29) is 0 Å². The SMILES string of the molecule is Cc1ccc(OCCCCCCN2CCCC2)c(Cl)c1. The zero-order chi connectivity index (χ0) is 14.2. The summed E-state index contributed by atoms with van der Waals surface area (Å²) >= 11 is 6.13. The molecule has 0 aromatic heterocycles. The summed E-state index contributed by atoms with van der Waals surface area (Å²) in [7, 11) is 0.